The summed E-state index contributed by atoms with van der Waals surface area (Å²) in [6.45, 7) is 0.345. The summed E-state index contributed by atoms with van der Waals surface area (Å²) in [6.07, 6.45) is 0. The van der Waals surface area contributed by atoms with Crippen LogP contribution < -0.4 is 4.74 Å². The average Bonchev–Trinajstić information content (AvgIpc) is 2.96. The fourth-order valence-corrected chi connectivity index (χ4v) is 3.01. The van der Waals surface area contributed by atoms with Gasteiger partial charge < -0.3 is 9.72 Å². The van der Waals surface area contributed by atoms with Gasteiger partial charge in [-0.05, 0) is 30.3 Å². The SMILES string of the molecule is Clc1ccc2nc(COc3ccc(Cl)c4ccccc34)[nH]c2c1. The number of nitrogens with one attached hydrogen (secondary N) is 1. The lowest BCUT2D eigenvalue weighted by Crippen LogP contribution is -1.98. The number of H-pyrrole nitrogens is 1. The summed E-state index contributed by atoms with van der Waals surface area (Å²) in [6, 6.07) is 17.2. The van der Waals surface area contributed by atoms with Crippen molar-refractivity contribution < 1.29 is 4.74 Å². The van der Waals surface area contributed by atoms with Gasteiger partial charge in [0.15, 0.2) is 0 Å². The number of rotatable bonds is 3. The summed E-state index contributed by atoms with van der Waals surface area (Å²) in [5.41, 5.74) is 1.77. The summed E-state index contributed by atoms with van der Waals surface area (Å²) < 4.78 is 5.93. The minimum atomic E-state index is 0.345. The average molecular weight is 343 g/mol. The molecule has 0 bridgehead atoms. The molecule has 0 fully saturated rings. The fraction of sp³-hybridized carbons (Fsp3) is 0.0556. The molecular weight excluding hydrogens is 331 g/mol. The van der Waals surface area contributed by atoms with E-state index in [9.17, 15) is 0 Å². The molecular formula is C18H12Cl2N2O. The van der Waals surface area contributed by atoms with E-state index in [4.69, 9.17) is 27.9 Å². The van der Waals surface area contributed by atoms with Crippen molar-refractivity contribution in [1.82, 2.24) is 9.97 Å². The maximum absolute atomic E-state index is 6.23. The Morgan fingerprint density at radius 1 is 0.957 bits per heavy atom. The smallest absolute Gasteiger partial charge is 0.146 e. The van der Waals surface area contributed by atoms with Gasteiger partial charge in [-0.3, -0.25) is 0 Å². The van der Waals surface area contributed by atoms with E-state index in [1.54, 1.807) is 0 Å². The molecule has 0 saturated carbocycles. The highest BCUT2D eigenvalue weighted by Crippen LogP contribution is 2.31. The van der Waals surface area contributed by atoms with Crippen LogP contribution in [0.1, 0.15) is 5.82 Å². The Morgan fingerprint density at radius 3 is 2.65 bits per heavy atom. The quantitative estimate of drug-likeness (QED) is 0.526. The highest BCUT2D eigenvalue weighted by molar-refractivity contribution is 6.35. The molecule has 0 aliphatic rings. The van der Waals surface area contributed by atoms with E-state index in [1.165, 1.54) is 0 Å². The Labute approximate surface area is 142 Å². The van der Waals surface area contributed by atoms with Gasteiger partial charge in [0.2, 0.25) is 0 Å². The second kappa shape index (κ2) is 5.76. The predicted octanol–water partition coefficient (Wildman–Crippen LogP) is 5.60. The monoisotopic (exact) mass is 342 g/mol. The number of halogens is 2. The molecule has 4 rings (SSSR count). The van der Waals surface area contributed by atoms with Gasteiger partial charge in [0.1, 0.15) is 18.2 Å². The normalized spacial score (nSPS) is 11.2. The first-order valence-electron chi connectivity index (χ1n) is 7.15. The van der Waals surface area contributed by atoms with Crippen molar-refractivity contribution in [1.29, 1.82) is 0 Å². The third-order valence-corrected chi connectivity index (χ3v) is 4.25. The molecule has 5 heteroatoms. The zero-order valence-electron chi connectivity index (χ0n) is 12.0. The summed E-state index contributed by atoms with van der Waals surface area (Å²) in [5, 5.41) is 3.35. The highest BCUT2D eigenvalue weighted by Gasteiger charge is 2.08. The van der Waals surface area contributed by atoms with E-state index >= 15 is 0 Å². The van der Waals surface area contributed by atoms with Crippen LogP contribution in [0.3, 0.4) is 0 Å². The number of hydrogen-bond acceptors (Lipinski definition) is 2. The van der Waals surface area contributed by atoms with Crippen molar-refractivity contribution in [3.8, 4) is 5.75 Å². The minimum Gasteiger partial charge on any atom is -0.485 e. The molecule has 23 heavy (non-hydrogen) atoms. The Hall–Kier alpha value is -2.23. The van der Waals surface area contributed by atoms with Crippen LogP contribution in [0.2, 0.25) is 10.0 Å². The number of fused-ring (bicyclic) bond motifs is 2. The molecule has 114 valence electrons. The predicted molar refractivity (Wildman–Crippen MR) is 94.4 cm³/mol. The van der Waals surface area contributed by atoms with Crippen LogP contribution in [-0.2, 0) is 6.61 Å². The first-order chi connectivity index (χ1) is 11.2. The van der Waals surface area contributed by atoms with Crippen molar-refractivity contribution in [2.24, 2.45) is 0 Å². The summed E-state index contributed by atoms with van der Waals surface area (Å²) in [5.74, 6) is 1.53. The van der Waals surface area contributed by atoms with Gasteiger partial charge in [0.25, 0.3) is 0 Å². The van der Waals surface area contributed by atoms with Crippen LogP contribution in [0.15, 0.2) is 54.6 Å². The van der Waals surface area contributed by atoms with Crippen molar-refractivity contribution in [2.45, 2.75) is 6.61 Å². The Kier molecular flexibility index (Phi) is 3.60. The molecule has 3 aromatic carbocycles. The molecule has 1 heterocycles. The topological polar surface area (TPSA) is 37.9 Å². The maximum atomic E-state index is 6.23. The van der Waals surface area contributed by atoms with Gasteiger partial charge in [0.05, 0.1) is 11.0 Å². The van der Waals surface area contributed by atoms with Crippen molar-refractivity contribution in [3.05, 3.63) is 70.5 Å². The van der Waals surface area contributed by atoms with E-state index in [1.807, 2.05) is 54.6 Å². The zero-order chi connectivity index (χ0) is 15.8. The van der Waals surface area contributed by atoms with E-state index < -0.39 is 0 Å². The highest BCUT2D eigenvalue weighted by atomic mass is 35.5. The number of ether oxygens (including phenoxy) is 1. The van der Waals surface area contributed by atoms with Gasteiger partial charge in [-0.25, -0.2) is 4.98 Å². The lowest BCUT2D eigenvalue weighted by molar-refractivity contribution is 0.301. The van der Waals surface area contributed by atoms with Gasteiger partial charge in [0, 0.05) is 20.8 Å². The molecule has 0 spiro atoms. The molecule has 0 aliphatic heterocycles. The lowest BCUT2D eigenvalue weighted by atomic mass is 10.1. The summed E-state index contributed by atoms with van der Waals surface area (Å²) in [4.78, 5) is 7.72. The van der Waals surface area contributed by atoms with Gasteiger partial charge in [-0.15, -0.1) is 0 Å². The molecule has 1 aromatic heterocycles. The molecule has 0 saturated heterocycles. The van der Waals surface area contributed by atoms with E-state index in [-0.39, 0.29) is 0 Å². The van der Waals surface area contributed by atoms with Gasteiger partial charge in [-0.2, -0.15) is 0 Å². The number of benzene rings is 3. The summed E-state index contributed by atoms with van der Waals surface area (Å²) in [7, 11) is 0. The van der Waals surface area contributed by atoms with Crippen LogP contribution >= 0.6 is 23.2 Å². The van der Waals surface area contributed by atoms with E-state index in [0.29, 0.717) is 16.7 Å². The van der Waals surface area contributed by atoms with Crippen LogP contribution in [0.25, 0.3) is 21.8 Å². The fourth-order valence-electron chi connectivity index (χ4n) is 2.61. The van der Waals surface area contributed by atoms with Crippen LogP contribution in [0, 0.1) is 0 Å². The number of aromatic nitrogens is 2. The minimum absolute atomic E-state index is 0.345. The molecule has 3 nitrogen and oxygen atoms in total. The van der Waals surface area contributed by atoms with Crippen molar-refractivity contribution in [3.63, 3.8) is 0 Å². The Morgan fingerprint density at radius 2 is 1.78 bits per heavy atom. The third kappa shape index (κ3) is 2.74. The van der Waals surface area contributed by atoms with Crippen LogP contribution in [0.4, 0.5) is 0 Å². The van der Waals surface area contributed by atoms with Crippen LogP contribution in [-0.4, -0.2) is 9.97 Å². The molecule has 0 atom stereocenters. The third-order valence-electron chi connectivity index (χ3n) is 3.69. The standard InChI is InChI=1S/C18H12Cl2N2O/c19-11-5-7-15-16(9-11)22-18(21-15)10-23-17-8-6-14(20)12-3-1-2-4-13(12)17/h1-9H,10H2,(H,21,22). The lowest BCUT2D eigenvalue weighted by Gasteiger charge is -2.09. The number of nitrogens with zero attached hydrogens (tertiary/aromatic N) is 1. The number of hydrogen-bond donors (Lipinski definition) is 1. The molecule has 0 aliphatic carbocycles. The second-order valence-corrected chi connectivity index (χ2v) is 6.07. The van der Waals surface area contributed by atoms with Gasteiger partial charge in [-0.1, -0.05) is 47.5 Å². The van der Waals surface area contributed by atoms with E-state index in [2.05, 4.69) is 9.97 Å². The second-order valence-electron chi connectivity index (χ2n) is 5.22. The largest absolute Gasteiger partial charge is 0.485 e. The zero-order valence-corrected chi connectivity index (χ0v) is 13.5. The maximum Gasteiger partial charge on any atom is 0.146 e. The molecule has 4 aromatic rings. The first-order valence-corrected chi connectivity index (χ1v) is 7.90. The van der Waals surface area contributed by atoms with E-state index in [0.717, 1.165) is 33.4 Å². The Bertz CT molecular complexity index is 1010. The molecule has 0 radical (unpaired) electrons. The number of imidazole rings is 1. The van der Waals surface area contributed by atoms with Gasteiger partial charge >= 0.3 is 0 Å². The Balaban J connectivity index is 1.64. The van der Waals surface area contributed by atoms with Crippen LogP contribution in [0.5, 0.6) is 5.75 Å². The summed E-state index contributed by atoms with van der Waals surface area (Å²) >= 11 is 12.2. The first kappa shape index (κ1) is 14.4. The van der Waals surface area contributed by atoms with Crippen molar-refractivity contribution >= 4 is 45.0 Å². The molecule has 1 N–H and O–H groups in total. The number of aromatic amines is 1. The molecule has 0 amide bonds. The molecule has 0 unspecified atom stereocenters. The van der Waals surface area contributed by atoms with Crippen molar-refractivity contribution in [2.75, 3.05) is 0 Å².